The standard InChI is InChI=1S/C22H28ClFN4O2.CH2O2/c1-10(2)17-15-18(26-28(11-6-7-11)19(15)16(24)20(23)25-17)14-12-8-27(9-13(12)14)21(29)30-22(3,4)5;2-1-3/h10-14H,6-9H2,1-5H3;1H,(H,2,3)/t12-,13+,14?;. The van der Waals surface area contributed by atoms with Gasteiger partial charge in [-0.2, -0.15) is 5.10 Å². The molecule has 10 heteroatoms. The number of hydrogen-bond donors (Lipinski definition) is 1. The van der Waals surface area contributed by atoms with Gasteiger partial charge in [0.05, 0.1) is 17.4 Å². The van der Waals surface area contributed by atoms with E-state index in [1.165, 1.54) is 0 Å². The van der Waals surface area contributed by atoms with E-state index in [0.717, 1.165) is 29.6 Å². The Morgan fingerprint density at radius 2 is 1.85 bits per heavy atom. The number of nitrogens with zero attached hydrogens (tertiary/aromatic N) is 4. The maximum atomic E-state index is 15.1. The SMILES string of the molecule is CC(C)c1nc(Cl)c(F)c2c1c(C1[C@H]3CN(C(=O)OC(C)(C)C)C[C@@H]13)nn2C1CC1.O=CO. The zero-order valence-corrected chi connectivity index (χ0v) is 20.3. The van der Waals surface area contributed by atoms with Crippen LogP contribution in [0.25, 0.3) is 10.9 Å². The summed E-state index contributed by atoms with van der Waals surface area (Å²) in [5, 5.41) is 12.6. The number of halogens is 2. The Morgan fingerprint density at radius 3 is 2.33 bits per heavy atom. The van der Waals surface area contributed by atoms with Gasteiger partial charge in [0.2, 0.25) is 0 Å². The van der Waals surface area contributed by atoms with Crippen LogP contribution in [0.4, 0.5) is 9.18 Å². The molecular formula is C23H30ClFN4O4. The number of likely N-dealkylation sites (tertiary alicyclic amines) is 1. The van der Waals surface area contributed by atoms with Crippen molar-refractivity contribution in [2.45, 2.75) is 70.9 Å². The second kappa shape index (κ2) is 8.42. The van der Waals surface area contributed by atoms with Crippen LogP contribution in [0.15, 0.2) is 0 Å². The smallest absolute Gasteiger partial charge is 0.410 e. The quantitative estimate of drug-likeness (QED) is 0.492. The maximum absolute atomic E-state index is 15.1. The highest BCUT2D eigenvalue weighted by molar-refractivity contribution is 6.30. The molecule has 3 fully saturated rings. The third kappa shape index (κ3) is 4.39. The van der Waals surface area contributed by atoms with Crippen molar-refractivity contribution in [1.82, 2.24) is 19.7 Å². The molecule has 1 amide bonds. The van der Waals surface area contributed by atoms with Crippen LogP contribution in [-0.4, -0.2) is 56.0 Å². The molecule has 2 aromatic rings. The van der Waals surface area contributed by atoms with Crippen molar-refractivity contribution in [3.05, 3.63) is 22.4 Å². The third-order valence-corrected chi connectivity index (χ3v) is 6.65. The van der Waals surface area contributed by atoms with Gasteiger partial charge in [-0.3, -0.25) is 9.48 Å². The fraction of sp³-hybridized carbons (Fsp3) is 0.652. The Balaban J connectivity index is 0.000000821. The average molecular weight is 481 g/mol. The van der Waals surface area contributed by atoms with Gasteiger partial charge in [0.1, 0.15) is 11.1 Å². The molecule has 2 aromatic heterocycles. The monoisotopic (exact) mass is 480 g/mol. The average Bonchev–Trinajstić information content (AvgIpc) is 3.59. The number of fused-ring (bicyclic) bond motifs is 2. The lowest BCUT2D eigenvalue weighted by Gasteiger charge is -2.25. The lowest BCUT2D eigenvalue weighted by Crippen LogP contribution is -2.36. The molecule has 180 valence electrons. The van der Waals surface area contributed by atoms with Crippen molar-refractivity contribution in [2.75, 3.05) is 13.1 Å². The fourth-order valence-corrected chi connectivity index (χ4v) is 5.05. The van der Waals surface area contributed by atoms with Crippen molar-refractivity contribution < 1.29 is 23.8 Å². The third-order valence-electron chi connectivity index (χ3n) is 6.40. The van der Waals surface area contributed by atoms with E-state index >= 15 is 4.39 Å². The fourth-order valence-electron chi connectivity index (χ4n) is 4.87. The van der Waals surface area contributed by atoms with Crippen LogP contribution >= 0.6 is 11.6 Å². The van der Waals surface area contributed by atoms with E-state index in [4.69, 9.17) is 31.3 Å². The zero-order valence-electron chi connectivity index (χ0n) is 19.5. The molecule has 2 aliphatic carbocycles. The molecule has 1 aliphatic heterocycles. The van der Waals surface area contributed by atoms with E-state index in [0.29, 0.717) is 30.4 Å². The molecule has 8 nitrogen and oxygen atoms in total. The first-order valence-electron chi connectivity index (χ1n) is 11.3. The highest BCUT2D eigenvalue weighted by Crippen LogP contribution is 2.60. The molecule has 0 bridgehead atoms. The number of hydrogen-bond acceptors (Lipinski definition) is 5. The van der Waals surface area contributed by atoms with E-state index in [-0.39, 0.29) is 35.6 Å². The van der Waals surface area contributed by atoms with Crippen molar-refractivity contribution in [3.8, 4) is 0 Å². The Bertz CT molecular complexity index is 1080. The zero-order chi connectivity index (χ0) is 24.2. The lowest BCUT2D eigenvalue weighted by molar-refractivity contribution is -0.122. The highest BCUT2D eigenvalue weighted by atomic mass is 35.5. The highest BCUT2D eigenvalue weighted by Gasteiger charge is 2.59. The van der Waals surface area contributed by atoms with Crippen LogP contribution in [0.5, 0.6) is 0 Å². The summed E-state index contributed by atoms with van der Waals surface area (Å²) < 4.78 is 22.4. The molecule has 1 unspecified atom stereocenters. The maximum Gasteiger partial charge on any atom is 0.410 e. The molecule has 3 aliphatic rings. The predicted octanol–water partition coefficient (Wildman–Crippen LogP) is 4.96. The summed E-state index contributed by atoms with van der Waals surface area (Å²) in [5.41, 5.74) is 1.75. The summed E-state index contributed by atoms with van der Waals surface area (Å²) in [7, 11) is 0. The van der Waals surface area contributed by atoms with Crippen LogP contribution in [0.3, 0.4) is 0 Å². The topological polar surface area (TPSA) is 97.6 Å². The number of piperidine rings is 1. The summed E-state index contributed by atoms with van der Waals surface area (Å²) in [5.74, 6) is 0.538. The Morgan fingerprint density at radius 1 is 1.27 bits per heavy atom. The predicted molar refractivity (Wildman–Crippen MR) is 121 cm³/mol. The van der Waals surface area contributed by atoms with E-state index in [9.17, 15) is 4.79 Å². The van der Waals surface area contributed by atoms with Gasteiger partial charge in [-0.05, 0) is 51.4 Å². The normalized spacial score (nSPS) is 23.9. The van der Waals surface area contributed by atoms with Crippen LogP contribution in [0.1, 0.15) is 76.7 Å². The molecule has 0 radical (unpaired) electrons. The summed E-state index contributed by atoms with van der Waals surface area (Å²) in [6.07, 6.45) is 1.76. The summed E-state index contributed by atoms with van der Waals surface area (Å²) in [4.78, 5) is 27.0. The molecule has 1 saturated heterocycles. The van der Waals surface area contributed by atoms with Crippen LogP contribution in [-0.2, 0) is 9.53 Å². The summed E-state index contributed by atoms with van der Waals surface area (Å²) in [6, 6.07) is 0.242. The number of amides is 1. The van der Waals surface area contributed by atoms with Crippen LogP contribution in [0, 0.1) is 17.7 Å². The number of carbonyl (C=O) groups excluding carboxylic acids is 1. The first-order chi connectivity index (χ1) is 15.5. The molecule has 0 aromatic carbocycles. The number of carboxylic acid groups (broad SMARTS) is 1. The number of ether oxygens (including phenoxy) is 1. The number of pyridine rings is 1. The van der Waals surface area contributed by atoms with Gasteiger partial charge >= 0.3 is 6.09 Å². The minimum atomic E-state index is -0.503. The van der Waals surface area contributed by atoms with Gasteiger partial charge in [-0.15, -0.1) is 0 Å². The van der Waals surface area contributed by atoms with Gasteiger partial charge in [-0.25, -0.2) is 14.2 Å². The molecular weight excluding hydrogens is 451 g/mol. The molecule has 0 spiro atoms. The molecule has 2 saturated carbocycles. The lowest BCUT2D eigenvalue weighted by atomic mass is 10.0. The Hall–Kier alpha value is -2.42. The largest absolute Gasteiger partial charge is 0.483 e. The summed E-state index contributed by atoms with van der Waals surface area (Å²) in [6.45, 7) is 10.8. The van der Waals surface area contributed by atoms with Gasteiger partial charge in [0.25, 0.3) is 6.47 Å². The second-order valence-electron chi connectivity index (χ2n) is 10.4. The number of rotatable bonds is 3. The minimum absolute atomic E-state index is 0.0772. The number of carbonyl (C=O) groups is 2. The van der Waals surface area contributed by atoms with Crippen molar-refractivity contribution in [3.63, 3.8) is 0 Å². The molecule has 33 heavy (non-hydrogen) atoms. The van der Waals surface area contributed by atoms with Gasteiger partial charge in [0.15, 0.2) is 11.0 Å². The van der Waals surface area contributed by atoms with Crippen LogP contribution in [0.2, 0.25) is 5.15 Å². The first kappa shape index (κ1) is 23.7. The van der Waals surface area contributed by atoms with Crippen molar-refractivity contribution in [1.29, 1.82) is 0 Å². The van der Waals surface area contributed by atoms with Crippen molar-refractivity contribution >= 4 is 35.1 Å². The Labute approximate surface area is 197 Å². The van der Waals surface area contributed by atoms with E-state index in [1.54, 1.807) is 4.90 Å². The Kier molecular flexibility index (Phi) is 6.05. The number of aromatic nitrogens is 3. The molecule has 5 rings (SSSR count). The minimum Gasteiger partial charge on any atom is -0.483 e. The van der Waals surface area contributed by atoms with Gasteiger partial charge < -0.3 is 14.7 Å². The van der Waals surface area contributed by atoms with E-state index in [1.807, 2.05) is 39.3 Å². The van der Waals surface area contributed by atoms with E-state index < -0.39 is 11.4 Å². The van der Waals surface area contributed by atoms with Gasteiger partial charge in [0, 0.05) is 24.4 Å². The molecule has 3 atom stereocenters. The molecule has 3 heterocycles. The van der Waals surface area contributed by atoms with Crippen molar-refractivity contribution in [2.24, 2.45) is 11.8 Å². The van der Waals surface area contributed by atoms with E-state index in [2.05, 4.69) is 4.98 Å². The summed E-state index contributed by atoms with van der Waals surface area (Å²) >= 11 is 6.16. The van der Waals surface area contributed by atoms with Gasteiger partial charge in [-0.1, -0.05) is 25.4 Å². The molecule has 1 N–H and O–H groups in total. The second-order valence-corrected chi connectivity index (χ2v) is 10.7. The van der Waals surface area contributed by atoms with Crippen LogP contribution < -0.4 is 0 Å². The first-order valence-corrected chi connectivity index (χ1v) is 11.7.